The molecule has 0 fully saturated rings. The first-order valence-corrected chi connectivity index (χ1v) is 6.37. The molecule has 1 aromatic heterocycles. The summed E-state index contributed by atoms with van der Waals surface area (Å²) in [6.07, 6.45) is 0. The fourth-order valence-electron chi connectivity index (χ4n) is 2.05. The van der Waals surface area contributed by atoms with Gasteiger partial charge >= 0.3 is 11.9 Å². The van der Waals surface area contributed by atoms with Gasteiger partial charge in [-0.05, 0) is 12.1 Å². The van der Waals surface area contributed by atoms with Crippen molar-refractivity contribution >= 4 is 28.9 Å². The molecule has 2 aromatic rings. The Kier molecular flexibility index (Phi) is 4.42. The van der Waals surface area contributed by atoms with Gasteiger partial charge < -0.3 is 18.9 Å². The first kappa shape index (κ1) is 14.8. The molecule has 0 bridgehead atoms. The normalized spacial score (nSPS) is 10.4. The van der Waals surface area contributed by atoms with Crippen LogP contribution < -0.4 is 4.90 Å². The van der Waals surface area contributed by atoms with Crippen molar-refractivity contribution in [2.45, 2.75) is 0 Å². The highest BCUT2D eigenvalue weighted by Crippen LogP contribution is 2.20. The molecule has 0 amide bonds. The maximum atomic E-state index is 11.5. The van der Waals surface area contributed by atoms with Gasteiger partial charge in [-0.15, -0.1) is 0 Å². The minimum absolute atomic E-state index is 0.0806. The molecule has 0 N–H and O–H groups in total. The van der Waals surface area contributed by atoms with Gasteiger partial charge in [0, 0.05) is 7.05 Å². The lowest BCUT2D eigenvalue weighted by Crippen LogP contribution is -2.37. The molecular weight excluding hydrogens is 274 g/mol. The number of hydrogen-bond acceptors (Lipinski definition) is 6. The second kappa shape index (κ2) is 6.25. The Labute approximate surface area is 122 Å². The summed E-state index contributed by atoms with van der Waals surface area (Å²) in [5, 5.41) is 0. The summed E-state index contributed by atoms with van der Waals surface area (Å²) in [5.74, 6) is -0.399. The number of para-hydroxylation sites is 2. The molecule has 0 aliphatic heterocycles. The maximum absolute atomic E-state index is 11.5. The Morgan fingerprint density at radius 3 is 2.24 bits per heavy atom. The van der Waals surface area contributed by atoms with E-state index in [1.54, 1.807) is 0 Å². The van der Waals surface area contributed by atoms with Crippen LogP contribution in [-0.2, 0) is 26.1 Å². The minimum atomic E-state index is -0.453. The van der Waals surface area contributed by atoms with Crippen molar-refractivity contribution in [1.82, 2.24) is 9.55 Å². The summed E-state index contributed by atoms with van der Waals surface area (Å²) in [7, 11) is 4.42. The van der Waals surface area contributed by atoms with Crippen LogP contribution in [0.1, 0.15) is 0 Å². The molecule has 0 saturated heterocycles. The molecule has 7 nitrogen and oxygen atoms in total. The van der Waals surface area contributed by atoms with Crippen molar-refractivity contribution in [1.29, 1.82) is 0 Å². The van der Waals surface area contributed by atoms with Gasteiger partial charge in [-0.25, -0.2) is 4.98 Å². The van der Waals surface area contributed by atoms with E-state index in [2.05, 4.69) is 14.5 Å². The summed E-state index contributed by atoms with van der Waals surface area (Å²) in [6, 6.07) is 7.57. The first-order chi connectivity index (χ1) is 10.1. The Morgan fingerprint density at radius 1 is 1.14 bits per heavy atom. The molecule has 1 aromatic carbocycles. The molecule has 1 heterocycles. The number of rotatable bonds is 5. The van der Waals surface area contributed by atoms with Crippen molar-refractivity contribution in [3.05, 3.63) is 24.3 Å². The Bertz CT molecular complexity index is 647. The highest BCUT2D eigenvalue weighted by atomic mass is 16.5. The van der Waals surface area contributed by atoms with E-state index < -0.39 is 11.9 Å². The summed E-state index contributed by atoms with van der Waals surface area (Å²) in [6.45, 7) is -0.161. The van der Waals surface area contributed by atoms with E-state index in [9.17, 15) is 9.59 Å². The number of carbonyl (C=O) groups excluding carboxylic acids is 2. The van der Waals surface area contributed by atoms with E-state index in [1.165, 1.54) is 19.1 Å². The van der Waals surface area contributed by atoms with Gasteiger partial charge in [0.1, 0.15) is 13.1 Å². The third kappa shape index (κ3) is 3.13. The number of esters is 2. The Balaban J connectivity index is 2.39. The van der Waals surface area contributed by atoms with E-state index >= 15 is 0 Å². The van der Waals surface area contributed by atoms with E-state index in [0.29, 0.717) is 5.95 Å². The molecule has 0 spiro atoms. The second-order valence-electron chi connectivity index (χ2n) is 4.47. The summed E-state index contributed by atoms with van der Waals surface area (Å²) >= 11 is 0. The fraction of sp³-hybridized carbons (Fsp3) is 0.357. The molecule has 0 unspecified atom stereocenters. The molecule has 21 heavy (non-hydrogen) atoms. The van der Waals surface area contributed by atoms with E-state index in [0.717, 1.165) is 11.0 Å². The van der Waals surface area contributed by atoms with Crippen LogP contribution in [-0.4, -0.2) is 48.8 Å². The SMILES string of the molecule is COC(=O)CN(CC(=O)OC)c1nc2ccccc2n1C. The third-order valence-electron chi connectivity index (χ3n) is 3.14. The van der Waals surface area contributed by atoms with Gasteiger partial charge in [-0.1, -0.05) is 12.1 Å². The van der Waals surface area contributed by atoms with Crippen LogP contribution in [0.15, 0.2) is 24.3 Å². The molecule has 0 aliphatic carbocycles. The van der Waals surface area contributed by atoms with Gasteiger partial charge in [0.25, 0.3) is 0 Å². The van der Waals surface area contributed by atoms with Crippen molar-refractivity contribution < 1.29 is 19.1 Å². The maximum Gasteiger partial charge on any atom is 0.325 e. The zero-order chi connectivity index (χ0) is 15.4. The predicted molar refractivity (Wildman–Crippen MR) is 77.0 cm³/mol. The van der Waals surface area contributed by atoms with Crippen molar-refractivity contribution in [3.8, 4) is 0 Å². The van der Waals surface area contributed by atoms with Gasteiger partial charge in [-0.2, -0.15) is 0 Å². The zero-order valence-electron chi connectivity index (χ0n) is 12.2. The summed E-state index contributed by atoms with van der Waals surface area (Å²) < 4.78 is 11.1. The van der Waals surface area contributed by atoms with Crippen LogP contribution in [0.5, 0.6) is 0 Å². The predicted octanol–water partition coefficient (Wildman–Crippen LogP) is 0.726. The summed E-state index contributed by atoms with van der Waals surface area (Å²) in [5.41, 5.74) is 1.70. The number of carbonyl (C=O) groups is 2. The van der Waals surface area contributed by atoms with Crippen LogP contribution >= 0.6 is 0 Å². The van der Waals surface area contributed by atoms with Gasteiger partial charge in [0.2, 0.25) is 5.95 Å². The quantitative estimate of drug-likeness (QED) is 0.756. The fourth-order valence-corrected chi connectivity index (χ4v) is 2.05. The lowest BCUT2D eigenvalue weighted by molar-refractivity contribution is -0.140. The Hall–Kier alpha value is -2.57. The van der Waals surface area contributed by atoms with Crippen LogP contribution in [0.3, 0.4) is 0 Å². The topological polar surface area (TPSA) is 73.7 Å². The molecule has 0 saturated carbocycles. The second-order valence-corrected chi connectivity index (χ2v) is 4.47. The van der Waals surface area contributed by atoms with Crippen molar-refractivity contribution in [2.24, 2.45) is 7.05 Å². The minimum Gasteiger partial charge on any atom is -0.468 e. The van der Waals surface area contributed by atoms with E-state index in [4.69, 9.17) is 0 Å². The number of fused-ring (bicyclic) bond motifs is 1. The Morgan fingerprint density at radius 2 is 1.71 bits per heavy atom. The molecule has 0 radical (unpaired) electrons. The number of ether oxygens (including phenoxy) is 2. The smallest absolute Gasteiger partial charge is 0.325 e. The molecule has 2 rings (SSSR count). The van der Waals surface area contributed by atoms with E-state index in [1.807, 2.05) is 35.9 Å². The van der Waals surface area contributed by atoms with E-state index in [-0.39, 0.29) is 13.1 Å². The highest BCUT2D eigenvalue weighted by Gasteiger charge is 2.21. The number of aromatic nitrogens is 2. The number of anilines is 1. The van der Waals surface area contributed by atoms with Gasteiger partial charge in [0.15, 0.2) is 0 Å². The highest BCUT2D eigenvalue weighted by molar-refractivity contribution is 5.83. The third-order valence-corrected chi connectivity index (χ3v) is 3.14. The van der Waals surface area contributed by atoms with Crippen LogP contribution in [0.4, 0.5) is 5.95 Å². The van der Waals surface area contributed by atoms with Gasteiger partial charge in [0.05, 0.1) is 25.3 Å². The first-order valence-electron chi connectivity index (χ1n) is 6.37. The average Bonchev–Trinajstić information content (AvgIpc) is 2.83. The molecule has 112 valence electrons. The summed E-state index contributed by atoms with van der Waals surface area (Å²) in [4.78, 5) is 29.1. The van der Waals surface area contributed by atoms with Crippen LogP contribution in [0, 0.1) is 0 Å². The number of methoxy groups -OCH3 is 2. The molecule has 7 heteroatoms. The zero-order valence-corrected chi connectivity index (χ0v) is 12.2. The monoisotopic (exact) mass is 291 g/mol. The molecular formula is C14H17N3O4. The molecule has 0 aliphatic rings. The van der Waals surface area contributed by atoms with Crippen LogP contribution in [0.25, 0.3) is 11.0 Å². The number of imidazole rings is 1. The number of hydrogen-bond donors (Lipinski definition) is 0. The standard InChI is InChI=1S/C14H17N3O4/c1-16-11-7-5-4-6-10(11)15-14(16)17(8-12(18)20-2)9-13(19)21-3/h4-7H,8-9H2,1-3H3. The van der Waals surface area contributed by atoms with Crippen molar-refractivity contribution in [3.63, 3.8) is 0 Å². The van der Waals surface area contributed by atoms with Crippen LogP contribution in [0.2, 0.25) is 0 Å². The lowest BCUT2D eigenvalue weighted by Gasteiger charge is -2.20. The lowest BCUT2D eigenvalue weighted by atomic mass is 10.3. The number of nitrogens with zero attached hydrogens (tertiary/aromatic N) is 3. The number of aryl methyl sites for hydroxylation is 1. The average molecular weight is 291 g/mol. The largest absolute Gasteiger partial charge is 0.468 e. The van der Waals surface area contributed by atoms with Crippen molar-refractivity contribution in [2.75, 3.05) is 32.2 Å². The molecule has 0 atom stereocenters. The van der Waals surface area contributed by atoms with Gasteiger partial charge in [-0.3, -0.25) is 9.59 Å². The number of benzene rings is 1.